The lowest BCUT2D eigenvalue weighted by Crippen LogP contribution is -2.30. The molecule has 4 aromatic heterocycles. The van der Waals surface area contributed by atoms with Crippen molar-refractivity contribution in [2.45, 2.75) is 39.3 Å². The second-order valence-corrected chi connectivity index (χ2v) is 11.4. The molecular formula is C33H36N6O3. The van der Waals surface area contributed by atoms with Gasteiger partial charge in [0.15, 0.2) is 5.88 Å². The maximum atomic E-state index is 13.2. The Morgan fingerprint density at radius 3 is 2.38 bits per heavy atom. The van der Waals surface area contributed by atoms with E-state index in [0.717, 1.165) is 40.4 Å². The summed E-state index contributed by atoms with van der Waals surface area (Å²) in [5, 5.41) is 1.02. The summed E-state index contributed by atoms with van der Waals surface area (Å²) in [5.41, 5.74) is 6.27. The number of benzene rings is 1. The van der Waals surface area contributed by atoms with E-state index in [1.165, 1.54) is 12.8 Å². The Morgan fingerprint density at radius 1 is 0.976 bits per heavy atom. The van der Waals surface area contributed by atoms with E-state index in [1.54, 1.807) is 37.1 Å². The van der Waals surface area contributed by atoms with Crippen LogP contribution in [-0.2, 0) is 6.54 Å². The number of pyridine rings is 2. The molecule has 0 spiro atoms. The van der Waals surface area contributed by atoms with Crippen molar-refractivity contribution in [3.05, 3.63) is 83.2 Å². The highest BCUT2D eigenvalue weighted by Crippen LogP contribution is 2.37. The highest BCUT2D eigenvalue weighted by Gasteiger charge is 2.28. The second-order valence-electron chi connectivity index (χ2n) is 11.4. The summed E-state index contributed by atoms with van der Waals surface area (Å²) >= 11 is 0. The SMILES string of the molecule is COc1cc(C(=O)N(C)C)cc2nc(-c3cc4ccc([C@@H](C)N(C)C(=O)c5ccccc5)nc4n3CC3CC3)c(C)n12. The van der Waals surface area contributed by atoms with Gasteiger partial charge >= 0.3 is 0 Å². The van der Waals surface area contributed by atoms with Crippen LogP contribution >= 0.6 is 0 Å². The first-order chi connectivity index (χ1) is 20.2. The van der Waals surface area contributed by atoms with Crippen LogP contribution in [0.15, 0.2) is 60.7 Å². The van der Waals surface area contributed by atoms with Crippen LogP contribution in [0.5, 0.6) is 5.88 Å². The number of ether oxygens (including phenoxy) is 1. The molecule has 2 amide bonds. The third-order valence-corrected chi connectivity index (χ3v) is 8.28. The number of rotatable bonds is 8. The zero-order valence-electron chi connectivity index (χ0n) is 25.0. The average molecular weight is 565 g/mol. The Balaban J connectivity index is 1.45. The van der Waals surface area contributed by atoms with E-state index in [4.69, 9.17) is 14.7 Å². The molecule has 6 rings (SSSR count). The molecule has 0 saturated heterocycles. The molecule has 0 unspecified atom stereocenters. The van der Waals surface area contributed by atoms with Gasteiger partial charge in [-0.05, 0) is 69.0 Å². The first-order valence-electron chi connectivity index (χ1n) is 14.3. The van der Waals surface area contributed by atoms with Gasteiger partial charge in [0.25, 0.3) is 11.8 Å². The van der Waals surface area contributed by atoms with Gasteiger partial charge in [-0.15, -0.1) is 0 Å². The van der Waals surface area contributed by atoms with Gasteiger partial charge in [-0.2, -0.15) is 0 Å². The minimum atomic E-state index is -0.219. The molecule has 1 fully saturated rings. The van der Waals surface area contributed by atoms with E-state index in [-0.39, 0.29) is 17.9 Å². The van der Waals surface area contributed by atoms with E-state index >= 15 is 0 Å². The first kappa shape index (κ1) is 27.5. The van der Waals surface area contributed by atoms with Crippen molar-refractivity contribution in [1.82, 2.24) is 28.7 Å². The number of carbonyl (C=O) groups is 2. The van der Waals surface area contributed by atoms with Gasteiger partial charge in [-0.3, -0.25) is 14.0 Å². The topological polar surface area (TPSA) is 85.0 Å². The van der Waals surface area contributed by atoms with Crippen molar-refractivity contribution in [2.24, 2.45) is 5.92 Å². The van der Waals surface area contributed by atoms with Crippen molar-refractivity contribution < 1.29 is 14.3 Å². The van der Waals surface area contributed by atoms with Crippen LogP contribution in [0.3, 0.4) is 0 Å². The van der Waals surface area contributed by atoms with Gasteiger partial charge in [0.2, 0.25) is 0 Å². The van der Waals surface area contributed by atoms with Crippen molar-refractivity contribution >= 4 is 28.5 Å². The summed E-state index contributed by atoms with van der Waals surface area (Å²) in [4.78, 5) is 39.4. The average Bonchev–Trinajstić information content (AvgIpc) is 3.68. The van der Waals surface area contributed by atoms with Gasteiger partial charge in [-0.1, -0.05) is 18.2 Å². The Morgan fingerprint density at radius 2 is 1.71 bits per heavy atom. The quantitative estimate of drug-likeness (QED) is 0.245. The molecule has 9 nitrogen and oxygen atoms in total. The van der Waals surface area contributed by atoms with Gasteiger partial charge in [0, 0.05) is 50.3 Å². The summed E-state index contributed by atoms with van der Waals surface area (Å²) in [6, 6.07) is 18.9. The molecule has 1 aromatic carbocycles. The molecule has 1 saturated carbocycles. The number of methoxy groups -OCH3 is 1. The van der Waals surface area contributed by atoms with E-state index < -0.39 is 0 Å². The summed E-state index contributed by atoms with van der Waals surface area (Å²) in [5.74, 6) is 1.00. The number of hydrogen-bond donors (Lipinski definition) is 0. The van der Waals surface area contributed by atoms with Gasteiger partial charge in [0.05, 0.1) is 30.2 Å². The van der Waals surface area contributed by atoms with E-state index in [2.05, 4.69) is 16.7 Å². The van der Waals surface area contributed by atoms with E-state index in [0.29, 0.717) is 28.6 Å². The zero-order chi connectivity index (χ0) is 29.7. The second kappa shape index (κ2) is 10.6. The predicted molar refractivity (Wildman–Crippen MR) is 163 cm³/mol. The van der Waals surface area contributed by atoms with Crippen LogP contribution in [0.4, 0.5) is 0 Å². The lowest BCUT2D eigenvalue weighted by Gasteiger charge is -2.25. The molecule has 1 aliphatic rings. The number of amides is 2. The fraction of sp³-hybridized carbons (Fsp3) is 0.333. The molecule has 1 aliphatic carbocycles. The Kier molecular flexibility index (Phi) is 6.96. The molecule has 0 aliphatic heterocycles. The smallest absolute Gasteiger partial charge is 0.254 e. The van der Waals surface area contributed by atoms with Gasteiger partial charge < -0.3 is 19.1 Å². The largest absolute Gasteiger partial charge is 0.482 e. The maximum Gasteiger partial charge on any atom is 0.254 e. The number of hydrogen-bond acceptors (Lipinski definition) is 5. The molecule has 42 heavy (non-hydrogen) atoms. The first-order valence-corrected chi connectivity index (χ1v) is 14.3. The van der Waals surface area contributed by atoms with Crippen molar-refractivity contribution in [3.63, 3.8) is 0 Å². The minimum absolute atomic E-state index is 0.0413. The van der Waals surface area contributed by atoms with Crippen LogP contribution in [0.25, 0.3) is 28.1 Å². The molecule has 0 bridgehead atoms. The minimum Gasteiger partial charge on any atom is -0.482 e. The summed E-state index contributed by atoms with van der Waals surface area (Å²) in [6.45, 7) is 4.88. The zero-order valence-corrected chi connectivity index (χ0v) is 25.0. The monoisotopic (exact) mass is 564 g/mol. The molecule has 5 aromatic rings. The highest BCUT2D eigenvalue weighted by molar-refractivity contribution is 5.96. The fourth-order valence-corrected chi connectivity index (χ4v) is 5.52. The molecule has 4 heterocycles. The van der Waals surface area contributed by atoms with Gasteiger partial charge in [-0.25, -0.2) is 9.97 Å². The predicted octanol–water partition coefficient (Wildman–Crippen LogP) is 5.61. The van der Waals surface area contributed by atoms with Crippen LogP contribution < -0.4 is 4.74 Å². The Hall–Kier alpha value is -4.66. The van der Waals surface area contributed by atoms with Crippen LogP contribution in [-0.4, -0.2) is 68.8 Å². The van der Waals surface area contributed by atoms with Crippen molar-refractivity contribution in [1.29, 1.82) is 0 Å². The third-order valence-electron chi connectivity index (χ3n) is 8.28. The number of fused-ring (bicyclic) bond motifs is 2. The maximum absolute atomic E-state index is 13.2. The summed E-state index contributed by atoms with van der Waals surface area (Å²) in [6.07, 6.45) is 2.38. The Bertz CT molecular complexity index is 1820. The molecule has 0 N–H and O–H groups in total. The number of nitrogens with zero attached hydrogens (tertiary/aromatic N) is 6. The molecular weight excluding hydrogens is 528 g/mol. The van der Waals surface area contributed by atoms with Crippen molar-refractivity contribution in [2.75, 3.05) is 28.3 Å². The van der Waals surface area contributed by atoms with E-state index in [9.17, 15) is 9.59 Å². The van der Waals surface area contributed by atoms with Crippen molar-refractivity contribution in [3.8, 4) is 17.3 Å². The summed E-state index contributed by atoms with van der Waals surface area (Å²) < 4.78 is 9.93. The lowest BCUT2D eigenvalue weighted by atomic mass is 10.1. The third kappa shape index (κ3) is 4.78. The number of imidazole rings is 1. The van der Waals surface area contributed by atoms with Crippen LogP contribution in [0.1, 0.15) is 57.9 Å². The molecule has 216 valence electrons. The van der Waals surface area contributed by atoms with Crippen LogP contribution in [0, 0.1) is 12.8 Å². The molecule has 9 heteroatoms. The number of aromatic nitrogens is 4. The Labute approximate surface area is 245 Å². The normalized spacial score (nSPS) is 13.9. The highest BCUT2D eigenvalue weighted by atomic mass is 16.5. The molecule has 0 radical (unpaired) electrons. The summed E-state index contributed by atoms with van der Waals surface area (Å²) in [7, 11) is 6.89. The number of aryl methyl sites for hydroxylation is 1. The fourth-order valence-electron chi connectivity index (χ4n) is 5.52. The molecule has 1 atom stereocenters. The lowest BCUT2D eigenvalue weighted by molar-refractivity contribution is 0.0739. The van der Waals surface area contributed by atoms with Crippen LogP contribution in [0.2, 0.25) is 0 Å². The van der Waals surface area contributed by atoms with Gasteiger partial charge in [0.1, 0.15) is 17.0 Å². The number of carbonyl (C=O) groups excluding carboxylic acids is 2. The van der Waals surface area contributed by atoms with E-state index in [1.807, 2.05) is 67.8 Å². The standard InChI is InChI=1S/C33H36N6O3/c1-20(37(5)33(41)23-10-8-7-9-11-23)26-15-14-24-16-27(38(31(24)34-26)19-22-12-13-22)30-21(2)39-28(35-30)17-25(18-29(39)42-6)32(40)36(3)4/h7-11,14-18,20,22H,12-13,19H2,1-6H3/t20-/m1/s1.